The summed E-state index contributed by atoms with van der Waals surface area (Å²) in [6, 6.07) is 9.64. The van der Waals surface area contributed by atoms with E-state index in [1.807, 2.05) is 19.9 Å². The first-order chi connectivity index (χ1) is 22.0. The van der Waals surface area contributed by atoms with Crippen LogP contribution in [0.15, 0.2) is 66.1 Å². The Labute approximate surface area is 275 Å². The van der Waals surface area contributed by atoms with Gasteiger partial charge in [0.1, 0.15) is 5.82 Å². The number of aromatic nitrogens is 2. The van der Waals surface area contributed by atoms with E-state index >= 15 is 0 Å². The summed E-state index contributed by atoms with van der Waals surface area (Å²) in [7, 11) is -2.05. The third-order valence-electron chi connectivity index (χ3n) is 8.88. The molecule has 1 aliphatic rings. The first kappa shape index (κ1) is 36.0. The van der Waals surface area contributed by atoms with E-state index in [1.54, 1.807) is 35.4 Å². The number of pyridine rings is 2. The molecule has 8 nitrogen and oxygen atoms in total. The second-order valence-corrected chi connectivity index (χ2v) is 18.1. The molecule has 3 aromatic rings. The van der Waals surface area contributed by atoms with Crippen LogP contribution in [0.5, 0.6) is 0 Å². The van der Waals surface area contributed by atoms with E-state index in [4.69, 9.17) is 14.1 Å². The topological polar surface area (TPSA) is 93.7 Å². The van der Waals surface area contributed by atoms with Crippen molar-refractivity contribution in [1.82, 2.24) is 9.97 Å². The zero-order valence-electron chi connectivity index (χ0n) is 28.0. The number of benzene rings is 1. The van der Waals surface area contributed by atoms with Crippen LogP contribution in [0.4, 0.5) is 24.7 Å². The van der Waals surface area contributed by atoms with Crippen LogP contribution in [-0.2, 0) is 20.1 Å². The van der Waals surface area contributed by atoms with E-state index in [2.05, 4.69) is 44.2 Å². The molecule has 0 saturated carbocycles. The molecule has 4 rings (SSSR count). The Hall–Kier alpha value is -3.87. The van der Waals surface area contributed by atoms with Crippen molar-refractivity contribution in [3.8, 4) is 11.1 Å². The van der Waals surface area contributed by atoms with Gasteiger partial charge in [0.2, 0.25) is 0 Å². The van der Waals surface area contributed by atoms with Crippen LogP contribution < -0.4 is 10.2 Å². The van der Waals surface area contributed by atoms with Crippen molar-refractivity contribution >= 4 is 31.6 Å². The Kier molecular flexibility index (Phi) is 11.1. The van der Waals surface area contributed by atoms with Gasteiger partial charge in [-0.05, 0) is 79.9 Å². The van der Waals surface area contributed by atoms with Crippen LogP contribution in [0, 0.1) is 6.92 Å². The van der Waals surface area contributed by atoms with Crippen LogP contribution in [0.1, 0.15) is 62.0 Å². The number of nitrogens with zero attached hydrogens (tertiary/aromatic N) is 3. The van der Waals surface area contributed by atoms with Gasteiger partial charge in [0.15, 0.2) is 8.32 Å². The fourth-order valence-electron chi connectivity index (χ4n) is 4.89. The van der Waals surface area contributed by atoms with Crippen LogP contribution in [0.2, 0.25) is 18.1 Å². The number of alkyl halides is 3. The Morgan fingerprint density at radius 3 is 2.38 bits per heavy atom. The monoisotopic (exact) mass is 668 g/mol. The quantitative estimate of drug-likeness (QED) is 0.231. The molecule has 0 saturated heterocycles. The molecule has 0 radical (unpaired) electrons. The number of ether oxygens (including phenoxy) is 1. The van der Waals surface area contributed by atoms with Crippen molar-refractivity contribution in [3.63, 3.8) is 0 Å². The Morgan fingerprint density at radius 1 is 1.00 bits per heavy atom. The maximum absolute atomic E-state index is 14.0. The highest BCUT2D eigenvalue weighted by molar-refractivity contribution is 6.74. The molecule has 2 aromatic heterocycles. The number of amides is 2. The molecule has 1 N–H and O–H groups in total. The summed E-state index contributed by atoms with van der Waals surface area (Å²) in [6.45, 7) is 16.5. The van der Waals surface area contributed by atoms with E-state index in [0.717, 1.165) is 40.1 Å². The molecule has 0 fully saturated rings. The number of carbonyl (C=O) groups excluding carboxylic acids is 2. The lowest BCUT2D eigenvalue weighted by atomic mass is 10.0. The first-order valence-electron chi connectivity index (χ1n) is 15.6. The van der Waals surface area contributed by atoms with Gasteiger partial charge in [-0.25, -0.2) is 4.98 Å². The molecule has 0 unspecified atom stereocenters. The third-order valence-corrected chi connectivity index (χ3v) is 13.4. The van der Waals surface area contributed by atoms with E-state index in [9.17, 15) is 22.8 Å². The predicted molar refractivity (Wildman–Crippen MR) is 180 cm³/mol. The fraction of sp³-hybridized carbons (Fsp3) is 0.429. The molecule has 2 amide bonds. The fourth-order valence-corrected chi connectivity index (χ4v) is 5.92. The number of halogens is 3. The minimum Gasteiger partial charge on any atom is -0.415 e. The van der Waals surface area contributed by atoms with Crippen LogP contribution in [0.3, 0.4) is 0 Å². The highest BCUT2D eigenvalue weighted by Gasteiger charge is 2.37. The standard InChI is InChI=1S/C35H43F3N4O4Si/c1-23-8-10-28(41-32(43)26-18-27(22-39-20-26)35(36,37)38)19-30(23)25-9-11-31(40-21-25)42(14-17-46-47(6,7)34(3,4)5)33(44)29-13-16-45-15-12-24(29)2/h8-11,18-22H,12-17H2,1-7H3,(H,41,43). The molecule has 1 aromatic carbocycles. The van der Waals surface area contributed by atoms with Gasteiger partial charge < -0.3 is 14.5 Å². The molecular formula is C35H43F3N4O4Si. The van der Waals surface area contributed by atoms with Gasteiger partial charge in [-0.2, -0.15) is 13.2 Å². The lowest BCUT2D eigenvalue weighted by molar-refractivity contribution is -0.137. The van der Waals surface area contributed by atoms with Crippen LogP contribution in [-0.4, -0.2) is 56.5 Å². The number of hydrogen-bond acceptors (Lipinski definition) is 6. The van der Waals surface area contributed by atoms with Crippen LogP contribution >= 0.6 is 0 Å². The summed E-state index contributed by atoms with van der Waals surface area (Å²) in [6.07, 6.45) is 0.0432. The SMILES string of the molecule is CC1=C(C(=O)N(CCO[Si](C)(C)C(C)(C)C)c2ccc(-c3cc(NC(=O)c4cncc(C(F)(F)F)c4)ccc3C)cn2)CCOCC1. The summed E-state index contributed by atoms with van der Waals surface area (Å²) in [5, 5.41) is 2.69. The van der Waals surface area contributed by atoms with Crippen molar-refractivity contribution in [3.05, 3.63) is 82.8 Å². The molecular weight excluding hydrogens is 625 g/mol. The Balaban J connectivity index is 1.59. The number of rotatable bonds is 9. The number of carbonyl (C=O) groups is 2. The molecule has 0 atom stereocenters. The second kappa shape index (κ2) is 14.5. The summed E-state index contributed by atoms with van der Waals surface area (Å²) in [5.41, 5.74) is 3.34. The normalized spacial score (nSPS) is 14.5. The van der Waals surface area contributed by atoms with Gasteiger partial charge in [0.25, 0.3) is 11.8 Å². The zero-order valence-corrected chi connectivity index (χ0v) is 29.0. The first-order valence-corrected chi connectivity index (χ1v) is 18.5. The summed E-state index contributed by atoms with van der Waals surface area (Å²) in [4.78, 5) is 36.7. The molecule has 0 spiro atoms. The average molecular weight is 669 g/mol. The Morgan fingerprint density at radius 2 is 1.72 bits per heavy atom. The van der Waals surface area contributed by atoms with Crippen molar-refractivity contribution in [2.45, 2.75) is 71.8 Å². The van der Waals surface area contributed by atoms with Crippen molar-refractivity contribution in [2.24, 2.45) is 0 Å². The summed E-state index contributed by atoms with van der Waals surface area (Å²) in [5.74, 6) is -0.339. The number of hydrogen-bond donors (Lipinski definition) is 1. The summed E-state index contributed by atoms with van der Waals surface area (Å²) < 4.78 is 51.5. The third kappa shape index (κ3) is 8.94. The van der Waals surface area contributed by atoms with Gasteiger partial charge in [0.05, 0.1) is 30.9 Å². The number of aryl methyl sites for hydroxylation is 1. The van der Waals surface area contributed by atoms with Crippen molar-refractivity contribution in [2.75, 3.05) is 36.6 Å². The number of nitrogens with one attached hydrogen (secondary N) is 1. The smallest absolute Gasteiger partial charge is 0.415 e. The van der Waals surface area contributed by atoms with Gasteiger partial charge in [-0.1, -0.05) is 32.4 Å². The Bertz CT molecular complexity index is 1630. The van der Waals surface area contributed by atoms with Crippen molar-refractivity contribution < 1.29 is 31.9 Å². The van der Waals surface area contributed by atoms with Gasteiger partial charge in [-0.15, -0.1) is 0 Å². The zero-order chi connectivity index (χ0) is 34.6. The molecule has 47 heavy (non-hydrogen) atoms. The minimum absolute atomic E-state index is 0.0232. The van der Waals surface area contributed by atoms with E-state index in [-0.39, 0.29) is 16.5 Å². The largest absolute Gasteiger partial charge is 0.417 e. The van der Waals surface area contributed by atoms with Crippen LogP contribution in [0.25, 0.3) is 11.1 Å². The van der Waals surface area contributed by atoms with Gasteiger partial charge in [-0.3, -0.25) is 19.5 Å². The lowest BCUT2D eigenvalue weighted by Crippen LogP contribution is -2.44. The van der Waals surface area contributed by atoms with Crippen molar-refractivity contribution in [1.29, 1.82) is 0 Å². The second-order valence-electron chi connectivity index (χ2n) is 13.3. The van der Waals surface area contributed by atoms with Gasteiger partial charge >= 0.3 is 6.18 Å². The summed E-state index contributed by atoms with van der Waals surface area (Å²) >= 11 is 0. The van der Waals surface area contributed by atoms with Gasteiger partial charge in [0, 0.05) is 48.4 Å². The highest BCUT2D eigenvalue weighted by atomic mass is 28.4. The maximum atomic E-state index is 14.0. The molecule has 1 aliphatic heterocycles. The highest BCUT2D eigenvalue weighted by Crippen LogP contribution is 2.37. The number of anilines is 2. The lowest BCUT2D eigenvalue weighted by Gasteiger charge is -2.36. The molecule has 3 heterocycles. The minimum atomic E-state index is -4.61. The maximum Gasteiger partial charge on any atom is 0.417 e. The molecule has 0 aliphatic carbocycles. The molecule has 252 valence electrons. The average Bonchev–Trinajstić information content (AvgIpc) is 3.23. The predicted octanol–water partition coefficient (Wildman–Crippen LogP) is 8.20. The van der Waals surface area contributed by atoms with E-state index in [1.165, 1.54) is 0 Å². The molecule has 12 heteroatoms. The van der Waals surface area contributed by atoms with E-state index in [0.29, 0.717) is 56.9 Å². The molecule has 0 bridgehead atoms. The van der Waals surface area contributed by atoms with E-state index < -0.39 is 26.0 Å².